The quantitative estimate of drug-likeness (QED) is 0.502. The molecule has 0 bridgehead atoms. The fourth-order valence-electron chi connectivity index (χ4n) is 4.34. The van der Waals surface area contributed by atoms with Crippen LogP contribution in [0, 0.1) is 11.6 Å². The van der Waals surface area contributed by atoms with Gasteiger partial charge in [-0.3, -0.25) is 4.90 Å². The first-order chi connectivity index (χ1) is 16.0. The first-order valence-corrected chi connectivity index (χ1v) is 10.8. The first kappa shape index (κ1) is 23.3. The van der Waals surface area contributed by atoms with Gasteiger partial charge < -0.3 is 30.5 Å². The third-order valence-corrected chi connectivity index (χ3v) is 5.99. The van der Waals surface area contributed by atoms with Crippen LogP contribution in [0.25, 0.3) is 0 Å². The van der Waals surface area contributed by atoms with E-state index in [0.717, 1.165) is 18.0 Å². The number of hydrogen-bond donors (Lipinski definition) is 4. The SMILES string of the molecule is O=C(NC[C@H]1O[C@@H](CO)[C@@H](O)[C@H]1N1CCN(c2ccccn2)CC1)Nc1ccc(F)cc1F. The molecular formula is C22H27F2N5O4. The zero-order valence-electron chi connectivity index (χ0n) is 17.9. The van der Waals surface area contributed by atoms with E-state index in [2.05, 4.69) is 25.4 Å². The number of carbonyl (C=O) groups excluding carboxylic acids is 1. The summed E-state index contributed by atoms with van der Waals surface area (Å²) in [5.41, 5.74) is -0.156. The number of urea groups is 1. The van der Waals surface area contributed by atoms with Crippen molar-refractivity contribution in [1.82, 2.24) is 15.2 Å². The zero-order chi connectivity index (χ0) is 23.4. The molecule has 0 saturated carbocycles. The van der Waals surface area contributed by atoms with Gasteiger partial charge in [-0.2, -0.15) is 0 Å². The molecule has 0 aliphatic carbocycles. The molecule has 178 valence electrons. The summed E-state index contributed by atoms with van der Waals surface area (Å²) in [5.74, 6) is -0.744. The Balaban J connectivity index is 1.36. The fraction of sp³-hybridized carbons (Fsp3) is 0.455. The topological polar surface area (TPSA) is 110 Å². The van der Waals surface area contributed by atoms with Gasteiger partial charge in [0.25, 0.3) is 0 Å². The van der Waals surface area contributed by atoms with Crippen LogP contribution < -0.4 is 15.5 Å². The lowest BCUT2D eigenvalue weighted by molar-refractivity contribution is -0.0205. The van der Waals surface area contributed by atoms with E-state index in [1.807, 2.05) is 18.2 Å². The lowest BCUT2D eigenvalue weighted by Crippen LogP contribution is -2.57. The number of amides is 2. The van der Waals surface area contributed by atoms with Gasteiger partial charge in [0.1, 0.15) is 29.7 Å². The Bertz CT molecular complexity index is 946. The summed E-state index contributed by atoms with van der Waals surface area (Å²) in [4.78, 5) is 20.9. The summed E-state index contributed by atoms with van der Waals surface area (Å²) in [6.07, 6.45) is -0.538. The summed E-state index contributed by atoms with van der Waals surface area (Å²) in [7, 11) is 0. The molecule has 9 nitrogen and oxygen atoms in total. The van der Waals surface area contributed by atoms with E-state index in [-0.39, 0.29) is 18.8 Å². The highest BCUT2D eigenvalue weighted by atomic mass is 19.1. The number of hydrogen-bond acceptors (Lipinski definition) is 7. The number of ether oxygens (including phenoxy) is 1. The number of nitrogens with zero attached hydrogens (tertiary/aromatic N) is 3. The molecule has 0 radical (unpaired) electrons. The molecule has 0 spiro atoms. The molecule has 2 aliphatic rings. The van der Waals surface area contributed by atoms with E-state index in [4.69, 9.17) is 4.74 Å². The molecule has 2 saturated heterocycles. The number of pyridine rings is 1. The largest absolute Gasteiger partial charge is 0.394 e. The van der Waals surface area contributed by atoms with Crippen LogP contribution in [0.5, 0.6) is 0 Å². The standard InChI is InChI=1S/C22H27F2N5O4/c23-14-4-5-16(15(24)11-14)27-22(32)26-12-17-20(21(31)18(13-30)33-17)29-9-7-28(8-10-29)19-3-1-2-6-25-19/h1-6,11,17-18,20-21,30-31H,7-10,12-13H2,(H2,26,27,32)/t17-,18+,20+,21-/m1/s1. The highest BCUT2D eigenvalue weighted by Crippen LogP contribution is 2.27. The molecule has 4 atom stereocenters. The number of nitrogens with one attached hydrogen (secondary N) is 2. The number of rotatable bonds is 6. The smallest absolute Gasteiger partial charge is 0.319 e. The van der Waals surface area contributed by atoms with Crippen LogP contribution in [0.15, 0.2) is 42.6 Å². The average molecular weight is 463 g/mol. The minimum absolute atomic E-state index is 0.0350. The van der Waals surface area contributed by atoms with Crippen molar-refractivity contribution in [2.24, 2.45) is 0 Å². The summed E-state index contributed by atoms with van der Waals surface area (Å²) in [5, 5.41) is 25.3. The Labute approximate surface area is 190 Å². The molecule has 2 amide bonds. The predicted octanol–water partition coefficient (Wildman–Crippen LogP) is 0.793. The van der Waals surface area contributed by atoms with Gasteiger partial charge in [-0.1, -0.05) is 6.07 Å². The van der Waals surface area contributed by atoms with Crippen molar-refractivity contribution < 1.29 is 28.5 Å². The number of aliphatic hydroxyl groups is 2. The van der Waals surface area contributed by atoms with E-state index in [1.165, 1.54) is 0 Å². The lowest BCUT2D eigenvalue weighted by Gasteiger charge is -2.40. The molecule has 2 fully saturated rings. The molecular weight excluding hydrogens is 436 g/mol. The molecule has 3 heterocycles. The highest BCUT2D eigenvalue weighted by molar-refractivity contribution is 5.89. The highest BCUT2D eigenvalue weighted by Gasteiger charge is 2.46. The van der Waals surface area contributed by atoms with E-state index in [9.17, 15) is 23.8 Å². The molecule has 0 unspecified atom stereocenters. The van der Waals surface area contributed by atoms with Crippen LogP contribution in [0.3, 0.4) is 0 Å². The van der Waals surface area contributed by atoms with Crippen LogP contribution in [-0.2, 0) is 4.74 Å². The molecule has 33 heavy (non-hydrogen) atoms. The number of carbonyl (C=O) groups is 1. The Morgan fingerprint density at radius 1 is 1.15 bits per heavy atom. The number of anilines is 2. The third kappa shape index (κ3) is 5.38. The third-order valence-electron chi connectivity index (χ3n) is 5.99. The number of piperazine rings is 1. The molecule has 4 rings (SSSR count). The van der Waals surface area contributed by atoms with E-state index in [1.54, 1.807) is 6.20 Å². The summed E-state index contributed by atoms with van der Waals surface area (Å²) in [6, 6.07) is 7.46. The maximum atomic E-state index is 13.8. The molecule has 1 aromatic carbocycles. The van der Waals surface area contributed by atoms with Crippen LogP contribution >= 0.6 is 0 Å². The normalized spacial score (nSPS) is 25.8. The molecule has 4 N–H and O–H groups in total. The van der Waals surface area contributed by atoms with Crippen molar-refractivity contribution in [3.05, 3.63) is 54.2 Å². The molecule has 2 aromatic rings. The van der Waals surface area contributed by atoms with Crippen molar-refractivity contribution in [2.75, 3.05) is 49.5 Å². The summed E-state index contributed by atoms with van der Waals surface area (Å²) < 4.78 is 32.6. The maximum absolute atomic E-state index is 13.8. The minimum Gasteiger partial charge on any atom is -0.394 e. The van der Waals surface area contributed by atoms with Gasteiger partial charge in [0.2, 0.25) is 0 Å². The van der Waals surface area contributed by atoms with Gasteiger partial charge >= 0.3 is 6.03 Å². The van der Waals surface area contributed by atoms with Gasteiger partial charge in [0, 0.05) is 45.0 Å². The van der Waals surface area contributed by atoms with Gasteiger partial charge in [-0.25, -0.2) is 18.6 Å². The average Bonchev–Trinajstić information content (AvgIpc) is 3.15. The van der Waals surface area contributed by atoms with Crippen molar-refractivity contribution in [1.29, 1.82) is 0 Å². The van der Waals surface area contributed by atoms with Gasteiger partial charge in [-0.05, 0) is 24.3 Å². The predicted molar refractivity (Wildman–Crippen MR) is 117 cm³/mol. The van der Waals surface area contributed by atoms with Crippen molar-refractivity contribution in [2.45, 2.75) is 24.4 Å². The maximum Gasteiger partial charge on any atom is 0.319 e. The first-order valence-electron chi connectivity index (χ1n) is 10.8. The second-order valence-corrected chi connectivity index (χ2v) is 8.05. The van der Waals surface area contributed by atoms with Crippen LogP contribution in [0.1, 0.15) is 0 Å². The summed E-state index contributed by atoms with van der Waals surface area (Å²) >= 11 is 0. The van der Waals surface area contributed by atoms with Gasteiger partial charge in [-0.15, -0.1) is 0 Å². The Kier molecular flexibility index (Phi) is 7.33. The number of aliphatic hydroxyl groups excluding tert-OH is 2. The summed E-state index contributed by atoms with van der Waals surface area (Å²) in [6.45, 7) is 2.37. The second-order valence-electron chi connectivity index (χ2n) is 8.05. The monoisotopic (exact) mass is 463 g/mol. The molecule has 1 aromatic heterocycles. The number of benzene rings is 1. The van der Waals surface area contributed by atoms with Crippen LogP contribution in [-0.4, -0.2) is 89.8 Å². The van der Waals surface area contributed by atoms with Crippen molar-refractivity contribution in [3.63, 3.8) is 0 Å². The Hall–Kier alpha value is -2.86. The van der Waals surface area contributed by atoms with E-state index in [0.29, 0.717) is 32.2 Å². The Morgan fingerprint density at radius 2 is 1.94 bits per heavy atom. The van der Waals surface area contributed by atoms with Crippen molar-refractivity contribution >= 4 is 17.5 Å². The van der Waals surface area contributed by atoms with Gasteiger partial charge in [0.05, 0.1) is 24.4 Å². The number of aromatic nitrogens is 1. The van der Waals surface area contributed by atoms with Gasteiger partial charge in [0.15, 0.2) is 0 Å². The zero-order valence-corrected chi connectivity index (χ0v) is 17.9. The van der Waals surface area contributed by atoms with Crippen LogP contribution in [0.4, 0.5) is 25.1 Å². The second kappa shape index (κ2) is 10.4. The van der Waals surface area contributed by atoms with E-state index >= 15 is 0 Å². The minimum atomic E-state index is -0.930. The molecule has 11 heteroatoms. The fourth-order valence-corrected chi connectivity index (χ4v) is 4.34. The van der Waals surface area contributed by atoms with E-state index < -0.39 is 42.0 Å². The number of halogens is 2. The molecule has 2 aliphatic heterocycles. The Morgan fingerprint density at radius 3 is 2.61 bits per heavy atom. The lowest BCUT2D eigenvalue weighted by atomic mass is 10.0. The van der Waals surface area contributed by atoms with Crippen LogP contribution in [0.2, 0.25) is 0 Å². The van der Waals surface area contributed by atoms with Crippen molar-refractivity contribution in [3.8, 4) is 0 Å².